The Morgan fingerprint density at radius 2 is 2.25 bits per heavy atom. The molecule has 0 unspecified atom stereocenters. The molecule has 1 saturated heterocycles. The summed E-state index contributed by atoms with van der Waals surface area (Å²) in [6.07, 6.45) is 3.39. The second-order valence-electron chi connectivity index (χ2n) is 6.07. The van der Waals surface area contributed by atoms with Crippen molar-refractivity contribution in [1.82, 2.24) is 25.0 Å². The van der Waals surface area contributed by atoms with Crippen LogP contribution in [0.25, 0.3) is 0 Å². The molecule has 1 amide bonds. The number of aromatic nitrogens is 3. The second kappa shape index (κ2) is 7.00. The number of pyridine rings is 1. The maximum atomic E-state index is 11.8. The van der Waals surface area contributed by atoms with Gasteiger partial charge in [0.1, 0.15) is 5.75 Å². The van der Waals surface area contributed by atoms with Crippen molar-refractivity contribution in [3.05, 3.63) is 35.8 Å². The Hall–Kier alpha value is -2.41. The topological polar surface area (TPSA) is 72.3 Å². The molecule has 0 saturated carbocycles. The zero-order chi connectivity index (χ0) is 17.1. The highest BCUT2D eigenvalue weighted by molar-refractivity contribution is 5.79. The Morgan fingerprint density at radius 1 is 1.46 bits per heavy atom. The van der Waals surface area contributed by atoms with Crippen LogP contribution >= 0.6 is 0 Å². The van der Waals surface area contributed by atoms with Gasteiger partial charge in [-0.1, -0.05) is 0 Å². The zero-order valence-electron chi connectivity index (χ0n) is 14.3. The van der Waals surface area contributed by atoms with Gasteiger partial charge in [0, 0.05) is 39.4 Å². The summed E-state index contributed by atoms with van der Waals surface area (Å²) in [4.78, 5) is 18.1. The summed E-state index contributed by atoms with van der Waals surface area (Å²) in [5.41, 5.74) is 1.99. The Morgan fingerprint density at radius 3 is 2.92 bits per heavy atom. The molecule has 0 aromatic carbocycles. The lowest BCUT2D eigenvalue weighted by Crippen LogP contribution is -2.53. The van der Waals surface area contributed by atoms with Crippen molar-refractivity contribution >= 4 is 5.91 Å². The molecule has 24 heavy (non-hydrogen) atoms. The summed E-state index contributed by atoms with van der Waals surface area (Å²) in [5.74, 6) is 1.64. The second-order valence-corrected chi connectivity index (χ2v) is 6.07. The highest BCUT2D eigenvalue weighted by Gasteiger charge is 2.33. The summed E-state index contributed by atoms with van der Waals surface area (Å²) in [6.45, 7) is 6.87. The molecule has 128 valence electrons. The van der Waals surface area contributed by atoms with Crippen LogP contribution in [-0.2, 0) is 18.4 Å². The lowest BCUT2D eigenvalue weighted by Gasteiger charge is -2.38. The third-order valence-electron chi connectivity index (χ3n) is 4.20. The molecule has 1 N–H and O–H groups in total. The number of nitrogens with zero attached hydrogens (tertiary/aromatic N) is 4. The quantitative estimate of drug-likeness (QED) is 0.869. The van der Waals surface area contributed by atoms with E-state index >= 15 is 0 Å². The van der Waals surface area contributed by atoms with Crippen LogP contribution in [0.3, 0.4) is 0 Å². The van der Waals surface area contributed by atoms with Gasteiger partial charge in [-0.2, -0.15) is 5.10 Å². The zero-order valence-corrected chi connectivity index (χ0v) is 14.3. The van der Waals surface area contributed by atoms with Crippen LogP contribution < -0.4 is 10.1 Å². The number of hydrogen-bond acceptors (Lipinski definition) is 5. The number of rotatable bonds is 6. The average molecular weight is 329 g/mol. The molecule has 0 atom stereocenters. The summed E-state index contributed by atoms with van der Waals surface area (Å²) in [5, 5.41) is 7.35. The van der Waals surface area contributed by atoms with Gasteiger partial charge >= 0.3 is 0 Å². The normalized spacial score (nSPS) is 15.1. The van der Waals surface area contributed by atoms with E-state index in [1.165, 1.54) is 0 Å². The summed E-state index contributed by atoms with van der Waals surface area (Å²) in [6, 6.07) is 3.71. The fraction of sp³-hybridized carbons (Fsp3) is 0.471. The maximum absolute atomic E-state index is 11.8. The molecule has 2 aromatic heterocycles. The van der Waals surface area contributed by atoms with Crippen molar-refractivity contribution < 1.29 is 9.53 Å². The van der Waals surface area contributed by atoms with Gasteiger partial charge in [-0.25, -0.2) is 4.68 Å². The van der Waals surface area contributed by atoms with Crippen molar-refractivity contribution in [2.45, 2.75) is 20.4 Å². The van der Waals surface area contributed by atoms with Gasteiger partial charge in [-0.15, -0.1) is 0 Å². The van der Waals surface area contributed by atoms with Crippen molar-refractivity contribution in [2.24, 2.45) is 13.0 Å². The van der Waals surface area contributed by atoms with Crippen LogP contribution in [-0.4, -0.2) is 45.2 Å². The Bertz CT molecular complexity index is 707. The molecular formula is C17H23N5O2. The third-order valence-corrected chi connectivity index (χ3v) is 4.20. The highest BCUT2D eigenvalue weighted by atomic mass is 16.5. The standard InChI is InChI=1S/C17H23N5O2/c1-4-19-16(23)13-9-22(10-13)11-15-12(2)20-21(3)17(15)24-14-6-5-7-18-8-14/h5-8,13H,4,9-11H2,1-3H3,(H,19,23). The number of aryl methyl sites for hydroxylation is 2. The Labute approximate surface area is 141 Å². The van der Waals surface area contributed by atoms with Crippen LogP contribution in [0.15, 0.2) is 24.5 Å². The minimum absolute atomic E-state index is 0.0876. The number of nitrogens with one attached hydrogen (secondary N) is 1. The van der Waals surface area contributed by atoms with Gasteiger partial charge in [-0.3, -0.25) is 14.7 Å². The van der Waals surface area contributed by atoms with Crippen molar-refractivity contribution in [3.63, 3.8) is 0 Å². The number of hydrogen-bond donors (Lipinski definition) is 1. The molecular weight excluding hydrogens is 306 g/mol. The van der Waals surface area contributed by atoms with E-state index in [1.54, 1.807) is 17.1 Å². The molecule has 0 radical (unpaired) electrons. The van der Waals surface area contributed by atoms with Crippen LogP contribution in [0.2, 0.25) is 0 Å². The lowest BCUT2D eigenvalue weighted by molar-refractivity contribution is -0.130. The number of ether oxygens (including phenoxy) is 1. The monoisotopic (exact) mass is 329 g/mol. The molecule has 0 spiro atoms. The van der Waals surface area contributed by atoms with E-state index in [2.05, 4.69) is 20.3 Å². The SMILES string of the molecule is CCNC(=O)C1CN(Cc2c(C)nn(C)c2Oc2cccnc2)C1. The summed E-state index contributed by atoms with van der Waals surface area (Å²) < 4.78 is 7.72. The van der Waals surface area contributed by atoms with E-state index in [0.717, 1.165) is 36.8 Å². The van der Waals surface area contributed by atoms with E-state index in [-0.39, 0.29) is 11.8 Å². The molecule has 1 fully saturated rings. The van der Waals surface area contributed by atoms with Crippen LogP contribution in [0.1, 0.15) is 18.2 Å². The van der Waals surface area contributed by atoms with Gasteiger partial charge in [0.15, 0.2) is 0 Å². The van der Waals surface area contributed by atoms with Crippen molar-refractivity contribution in [1.29, 1.82) is 0 Å². The first kappa shape index (κ1) is 16.4. The van der Waals surface area contributed by atoms with Crippen LogP contribution in [0.5, 0.6) is 11.6 Å². The summed E-state index contributed by atoms with van der Waals surface area (Å²) >= 11 is 0. The first-order valence-corrected chi connectivity index (χ1v) is 8.19. The molecule has 2 aromatic rings. The van der Waals surface area contributed by atoms with E-state index < -0.39 is 0 Å². The van der Waals surface area contributed by atoms with E-state index in [0.29, 0.717) is 12.3 Å². The number of carbonyl (C=O) groups is 1. The molecule has 1 aliphatic heterocycles. The van der Waals surface area contributed by atoms with E-state index in [1.807, 2.05) is 33.0 Å². The molecule has 1 aliphatic rings. The number of amides is 1. The predicted octanol–water partition coefficient (Wildman–Crippen LogP) is 1.48. The average Bonchev–Trinajstić information content (AvgIpc) is 2.78. The van der Waals surface area contributed by atoms with Gasteiger partial charge in [0.25, 0.3) is 0 Å². The molecule has 7 nitrogen and oxygen atoms in total. The Kier molecular flexibility index (Phi) is 4.80. The fourth-order valence-electron chi connectivity index (χ4n) is 2.92. The largest absolute Gasteiger partial charge is 0.437 e. The van der Waals surface area contributed by atoms with Crippen LogP contribution in [0, 0.1) is 12.8 Å². The fourth-order valence-corrected chi connectivity index (χ4v) is 2.92. The number of likely N-dealkylation sites (tertiary alicyclic amines) is 1. The van der Waals surface area contributed by atoms with Gasteiger partial charge < -0.3 is 10.1 Å². The molecule has 0 aliphatic carbocycles. The molecule has 0 bridgehead atoms. The van der Waals surface area contributed by atoms with E-state index in [4.69, 9.17) is 4.74 Å². The van der Waals surface area contributed by atoms with Crippen molar-refractivity contribution in [2.75, 3.05) is 19.6 Å². The molecule has 3 heterocycles. The minimum Gasteiger partial charge on any atom is -0.437 e. The highest BCUT2D eigenvalue weighted by Crippen LogP contribution is 2.30. The minimum atomic E-state index is 0.0876. The van der Waals surface area contributed by atoms with Crippen molar-refractivity contribution in [3.8, 4) is 11.6 Å². The van der Waals surface area contributed by atoms with Gasteiger partial charge in [-0.05, 0) is 26.0 Å². The van der Waals surface area contributed by atoms with Gasteiger partial charge in [0.05, 0.1) is 23.4 Å². The predicted molar refractivity (Wildman–Crippen MR) is 89.7 cm³/mol. The molecule has 7 heteroatoms. The first-order valence-electron chi connectivity index (χ1n) is 8.19. The lowest BCUT2D eigenvalue weighted by atomic mass is 9.98. The van der Waals surface area contributed by atoms with Gasteiger partial charge in [0.2, 0.25) is 11.8 Å². The van der Waals surface area contributed by atoms with E-state index in [9.17, 15) is 4.79 Å². The smallest absolute Gasteiger partial charge is 0.225 e. The molecule has 3 rings (SSSR count). The van der Waals surface area contributed by atoms with Crippen LogP contribution in [0.4, 0.5) is 0 Å². The summed E-state index contributed by atoms with van der Waals surface area (Å²) in [7, 11) is 1.87. The number of carbonyl (C=O) groups excluding carboxylic acids is 1. The third kappa shape index (κ3) is 3.41. The maximum Gasteiger partial charge on any atom is 0.225 e. The first-order chi connectivity index (χ1) is 11.6. The Balaban J connectivity index is 1.67.